The lowest BCUT2D eigenvalue weighted by Crippen LogP contribution is -2.62. The Morgan fingerprint density at radius 2 is 1.72 bits per heavy atom. The molecule has 170 valence electrons. The number of carbonyl (C=O) groups excluding carboxylic acids is 2. The maximum absolute atomic E-state index is 13.7. The van der Waals surface area contributed by atoms with Crippen molar-refractivity contribution in [2.24, 2.45) is 0 Å². The molecule has 2 heterocycles. The van der Waals surface area contributed by atoms with E-state index in [9.17, 15) is 9.59 Å². The molecule has 0 aliphatic carbocycles. The van der Waals surface area contributed by atoms with Crippen molar-refractivity contribution in [1.82, 2.24) is 9.80 Å². The summed E-state index contributed by atoms with van der Waals surface area (Å²) in [6.07, 6.45) is 2.79. The van der Waals surface area contributed by atoms with E-state index in [-0.39, 0.29) is 18.4 Å². The zero-order valence-corrected chi connectivity index (χ0v) is 18.8. The Bertz CT molecular complexity index is 926. The van der Waals surface area contributed by atoms with E-state index in [4.69, 9.17) is 9.47 Å². The van der Waals surface area contributed by atoms with Gasteiger partial charge in [-0.2, -0.15) is 0 Å². The smallest absolute Gasteiger partial charge is 0.257 e. The summed E-state index contributed by atoms with van der Waals surface area (Å²) >= 11 is 0. The number of ether oxygens (including phenoxy) is 2. The number of amides is 2. The highest BCUT2D eigenvalue weighted by Gasteiger charge is 2.47. The molecule has 2 aliphatic rings. The van der Waals surface area contributed by atoms with E-state index in [2.05, 4.69) is 24.3 Å². The topological polar surface area (TPSA) is 59.1 Å². The summed E-state index contributed by atoms with van der Waals surface area (Å²) in [6.45, 7) is 3.03. The van der Waals surface area contributed by atoms with Gasteiger partial charge in [0.1, 0.15) is 0 Å². The summed E-state index contributed by atoms with van der Waals surface area (Å²) in [5.74, 6) is 0.0103. The molecule has 2 fully saturated rings. The van der Waals surface area contributed by atoms with Crippen molar-refractivity contribution < 1.29 is 19.1 Å². The molecular formula is C26H32N2O4. The lowest BCUT2D eigenvalue weighted by atomic mass is 9.89. The van der Waals surface area contributed by atoms with E-state index in [1.807, 2.05) is 35.2 Å². The number of rotatable bonds is 7. The largest absolute Gasteiger partial charge is 0.384 e. The molecule has 2 aliphatic heterocycles. The van der Waals surface area contributed by atoms with Crippen LogP contribution in [0, 0.1) is 0 Å². The molecule has 2 saturated heterocycles. The quantitative estimate of drug-likeness (QED) is 0.669. The van der Waals surface area contributed by atoms with Gasteiger partial charge in [-0.15, -0.1) is 0 Å². The summed E-state index contributed by atoms with van der Waals surface area (Å²) < 4.78 is 11.3. The molecule has 2 aromatic rings. The molecule has 1 unspecified atom stereocenters. The van der Waals surface area contributed by atoms with Crippen LogP contribution in [0.3, 0.4) is 0 Å². The van der Waals surface area contributed by atoms with Crippen LogP contribution in [-0.4, -0.2) is 73.7 Å². The number of benzene rings is 2. The fourth-order valence-corrected chi connectivity index (χ4v) is 4.69. The molecule has 4 rings (SSSR count). The summed E-state index contributed by atoms with van der Waals surface area (Å²) in [6, 6.07) is 18.5. The van der Waals surface area contributed by atoms with Gasteiger partial charge in [0.05, 0.1) is 26.2 Å². The Kier molecular flexibility index (Phi) is 7.22. The molecule has 6 nitrogen and oxygen atoms in total. The highest BCUT2D eigenvalue weighted by Crippen LogP contribution is 2.30. The molecule has 2 amide bonds. The number of hydrogen-bond donors (Lipinski definition) is 0. The van der Waals surface area contributed by atoms with Crippen molar-refractivity contribution in [2.45, 2.75) is 31.3 Å². The van der Waals surface area contributed by atoms with E-state index in [1.54, 1.807) is 12.0 Å². The van der Waals surface area contributed by atoms with Crippen LogP contribution >= 0.6 is 0 Å². The predicted molar refractivity (Wildman–Crippen MR) is 123 cm³/mol. The molecule has 32 heavy (non-hydrogen) atoms. The lowest BCUT2D eigenvalue weighted by Gasteiger charge is -2.43. The Hall–Kier alpha value is -2.70. The van der Waals surface area contributed by atoms with Gasteiger partial charge in [0.15, 0.2) is 5.60 Å². The van der Waals surface area contributed by atoms with Gasteiger partial charge in [0.2, 0.25) is 5.91 Å². The van der Waals surface area contributed by atoms with Gasteiger partial charge in [0.25, 0.3) is 5.91 Å². The molecule has 0 N–H and O–H groups in total. The van der Waals surface area contributed by atoms with Crippen LogP contribution in [0.25, 0.3) is 11.1 Å². The first-order valence-corrected chi connectivity index (χ1v) is 11.5. The first-order valence-electron chi connectivity index (χ1n) is 11.5. The molecule has 1 atom stereocenters. The van der Waals surface area contributed by atoms with Gasteiger partial charge in [-0.1, -0.05) is 54.6 Å². The summed E-state index contributed by atoms with van der Waals surface area (Å²) in [4.78, 5) is 30.1. The molecule has 0 saturated carbocycles. The van der Waals surface area contributed by atoms with Gasteiger partial charge in [0, 0.05) is 33.2 Å². The summed E-state index contributed by atoms with van der Waals surface area (Å²) in [5, 5.41) is 0. The van der Waals surface area contributed by atoms with Crippen molar-refractivity contribution in [3.63, 3.8) is 0 Å². The minimum absolute atomic E-state index is 0.00403. The molecule has 6 heteroatoms. The van der Waals surface area contributed by atoms with E-state index in [0.717, 1.165) is 42.6 Å². The van der Waals surface area contributed by atoms with Crippen LogP contribution in [0.1, 0.15) is 24.8 Å². The second-order valence-corrected chi connectivity index (χ2v) is 8.64. The van der Waals surface area contributed by atoms with Crippen molar-refractivity contribution in [1.29, 1.82) is 0 Å². The average Bonchev–Trinajstić information content (AvgIpc) is 3.38. The third-order valence-electron chi connectivity index (χ3n) is 6.37. The maximum atomic E-state index is 13.7. The van der Waals surface area contributed by atoms with E-state index in [0.29, 0.717) is 32.6 Å². The summed E-state index contributed by atoms with van der Waals surface area (Å²) in [5.41, 5.74) is 2.22. The zero-order valence-electron chi connectivity index (χ0n) is 18.8. The average molecular weight is 437 g/mol. The van der Waals surface area contributed by atoms with Crippen molar-refractivity contribution >= 4 is 11.8 Å². The van der Waals surface area contributed by atoms with Crippen LogP contribution < -0.4 is 0 Å². The maximum Gasteiger partial charge on any atom is 0.257 e. The van der Waals surface area contributed by atoms with Gasteiger partial charge >= 0.3 is 0 Å². The fourth-order valence-electron chi connectivity index (χ4n) is 4.69. The number of morpholine rings is 1. The first-order chi connectivity index (χ1) is 15.6. The third kappa shape index (κ3) is 5.03. The zero-order chi connectivity index (χ0) is 22.4. The van der Waals surface area contributed by atoms with Crippen LogP contribution in [0.2, 0.25) is 0 Å². The number of likely N-dealkylation sites (tertiary alicyclic amines) is 1. The normalized spacial score (nSPS) is 21.0. The van der Waals surface area contributed by atoms with Gasteiger partial charge < -0.3 is 19.3 Å². The van der Waals surface area contributed by atoms with Crippen molar-refractivity contribution in [3.05, 3.63) is 60.2 Å². The predicted octanol–water partition coefficient (Wildman–Crippen LogP) is 3.15. The Labute approximate surface area is 190 Å². The van der Waals surface area contributed by atoms with E-state index < -0.39 is 5.60 Å². The van der Waals surface area contributed by atoms with Gasteiger partial charge in [-0.3, -0.25) is 9.59 Å². The number of nitrogens with zero attached hydrogens (tertiary/aromatic N) is 2. The lowest BCUT2D eigenvalue weighted by molar-refractivity contribution is -0.174. The second-order valence-electron chi connectivity index (χ2n) is 8.64. The van der Waals surface area contributed by atoms with Crippen LogP contribution in [0.5, 0.6) is 0 Å². The minimum Gasteiger partial charge on any atom is -0.384 e. The van der Waals surface area contributed by atoms with Crippen molar-refractivity contribution in [2.75, 3.05) is 46.5 Å². The summed E-state index contributed by atoms with van der Waals surface area (Å²) in [7, 11) is 1.59. The molecule has 0 aromatic heterocycles. The third-order valence-corrected chi connectivity index (χ3v) is 6.37. The Balaban J connectivity index is 1.61. The van der Waals surface area contributed by atoms with E-state index >= 15 is 0 Å². The van der Waals surface area contributed by atoms with Crippen LogP contribution in [0.15, 0.2) is 54.6 Å². The fraction of sp³-hybridized carbons (Fsp3) is 0.462. The van der Waals surface area contributed by atoms with Crippen molar-refractivity contribution in [3.8, 4) is 11.1 Å². The monoisotopic (exact) mass is 436 g/mol. The first kappa shape index (κ1) is 22.5. The molecular weight excluding hydrogens is 404 g/mol. The van der Waals surface area contributed by atoms with Gasteiger partial charge in [-0.05, 0) is 29.5 Å². The van der Waals surface area contributed by atoms with Crippen LogP contribution in [-0.2, 0) is 25.5 Å². The minimum atomic E-state index is -1.05. The Morgan fingerprint density at radius 1 is 0.969 bits per heavy atom. The second kappa shape index (κ2) is 10.3. The Morgan fingerprint density at radius 3 is 2.47 bits per heavy atom. The van der Waals surface area contributed by atoms with E-state index in [1.165, 1.54) is 0 Å². The number of methoxy groups -OCH3 is 1. The molecule has 0 spiro atoms. The molecule has 0 radical (unpaired) electrons. The van der Waals surface area contributed by atoms with Crippen LogP contribution in [0.4, 0.5) is 0 Å². The number of carbonyl (C=O) groups is 2. The highest BCUT2D eigenvalue weighted by molar-refractivity contribution is 5.88. The number of hydrogen-bond acceptors (Lipinski definition) is 4. The standard InChI is InChI=1S/C26H32N2O4/c1-31-16-12-24(29)28-15-17-32-26(20-28,25(30)27-13-5-6-14-27)19-21-8-7-11-23(18-21)22-9-3-2-4-10-22/h2-4,7-11,18H,5-6,12-17,19-20H2,1H3. The van der Waals surface area contributed by atoms with Gasteiger partial charge in [-0.25, -0.2) is 0 Å². The highest BCUT2D eigenvalue weighted by atomic mass is 16.5. The molecule has 2 aromatic carbocycles. The SMILES string of the molecule is COCCC(=O)N1CCOC(Cc2cccc(-c3ccccc3)c2)(C(=O)N2CCCC2)C1. The molecule has 0 bridgehead atoms.